The van der Waals surface area contributed by atoms with Crippen LogP contribution in [0.5, 0.6) is 0 Å². The summed E-state index contributed by atoms with van der Waals surface area (Å²) in [5.41, 5.74) is 1.70. The molecule has 0 fully saturated rings. The first kappa shape index (κ1) is 13.1. The highest BCUT2D eigenvalue weighted by molar-refractivity contribution is 5.77. The molecule has 3 heteroatoms. The van der Waals surface area contributed by atoms with Crippen LogP contribution < -0.4 is 0 Å². The maximum Gasteiger partial charge on any atom is 0.310 e. The average molecular weight is 248 g/mol. The molecule has 98 valence electrons. The summed E-state index contributed by atoms with van der Waals surface area (Å²) in [7, 11) is 0. The fourth-order valence-corrected chi connectivity index (χ4v) is 2.64. The molecular weight excluding hydrogens is 228 g/mol. The van der Waals surface area contributed by atoms with Crippen LogP contribution in [-0.4, -0.2) is 24.3 Å². The smallest absolute Gasteiger partial charge is 0.310 e. The summed E-state index contributed by atoms with van der Waals surface area (Å²) in [6.45, 7) is 3.30. The first-order chi connectivity index (χ1) is 8.68. The zero-order valence-electron chi connectivity index (χ0n) is 10.8. The molecule has 0 bridgehead atoms. The van der Waals surface area contributed by atoms with Crippen molar-refractivity contribution >= 4 is 5.97 Å². The minimum absolute atomic E-state index is 0.536. The minimum Gasteiger partial charge on any atom is -0.481 e. The van der Waals surface area contributed by atoms with Gasteiger partial charge in [-0.3, -0.25) is 4.79 Å². The van der Waals surface area contributed by atoms with Crippen molar-refractivity contribution in [1.29, 1.82) is 0 Å². The number of carboxylic acid groups (broad SMARTS) is 1. The molecule has 1 aromatic rings. The van der Waals surface area contributed by atoms with Crippen LogP contribution in [-0.2, 0) is 22.4 Å². The van der Waals surface area contributed by atoms with E-state index in [0.717, 1.165) is 6.42 Å². The lowest BCUT2D eigenvalue weighted by Gasteiger charge is -2.23. The molecule has 0 radical (unpaired) electrons. The highest BCUT2D eigenvalue weighted by Crippen LogP contribution is 2.39. The van der Waals surface area contributed by atoms with Gasteiger partial charge in [-0.15, -0.1) is 0 Å². The van der Waals surface area contributed by atoms with Crippen LogP contribution in [0.25, 0.3) is 0 Å². The second kappa shape index (κ2) is 5.53. The van der Waals surface area contributed by atoms with E-state index in [0.29, 0.717) is 32.5 Å². The second-order valence-corrected chi connectivity index (χ2v) is 5.07. The Hall–Kier alpha value is -1.35. The van der Waals surface area contributed by atoms with E-state index in [4.69, 9.17) is 4.74 Å². The number of fused-ring (bicyclic) bond motifs is 1. The summed E-state index contributed by atoms with van der Waals surface area (Å²) in [6.07, 6.45) is 2.83. The van der Waals surface area contributed by atoms with Gasteiger partial charge in [0.05, 0.1) is 5.41 Å². The predicted molar refractivity (Wildman–Crippen MR) is 69.6 cm³/mol. The van der Waals surface area contributed by atoms with Crippen LogP contribution in [0, 0.1) is 5.41 Å². The molecule has 0 aromatic heterocycles. The predicted octanol–water partition coefficient (Wildman–Crippen LogP) is 2.67. The molecule has 0 aliphatic heterocycles. The fraction of sp³-hybridized carbons (Fsp3) is 0.533. The molecule has 3 nitrogen and oxygen atoms in total. The number of rotatable bonds is 6. The van der Waals surface area contributed by atoms with Gasteiger partial charge in [-0.1, -0.05) is 31.2 Å². The molecule has 0 saturated carbocycles. The van der Waals surface area contributed by atoms with Gasteiger partial charge in [0, 0.05) is 13.2 Å². The third-order valence-electron chi connectivity index (χ3n) is 3.70. The van der Waals surface area contributed by atoms with E-state index in [1.165, 1.54) is 11.1 Å². The number of benzene rings is 1. The highest BCUT2D eigenvalue weighted by atomic mass is 16.5. The molecular formula is C15H20O3. The molecule has 1 aromatic carbocycles. The molecule has 0 unspecified atom stereocenters. The quantitative estimate of drug-likeness (QED) is 0.787. The van der Waals surface area contributed by atoms with Crippen molar-refractivity contribution in [2.45, 2.75) is 32.6 Å². The van der Waals surface area contributed by atoms with Crippen molar-refractivity contribution in [3.63, 3.8) is 0 Å². The Morgan fingerprint density at radius 1 is 1.28 bits per heavy atom. The van der Waals surface area contributed by atoms with Gasteiger partial charge in [0.15, 0.2) is 0 Å². The van der Waals surface area contributed by atoms with Crippen LogP contribution in [0.1, 0.15) is 30.9 Å². The third-order valence-corrected chi connectivity index (χ3v) is 3.70. The molecule has 0 atom stereocenters. The minimum atomic E-state index is -0.696. The van der Waals surface area contributed by atoms with Gasteiger partial charge in [0.2, 0.25) is 0 Å². The molecule has 1 aliphatic carbocycles. The van der Waals surface area contributed by atoms with Gasteiger partial charge >= 0.3 is 5.97 Å². The van der Waals surface area contributed by atoms with Crippen LogP contribution in [0.3, 0.4) is 0 Å². The first-order valence-electron chi connectivity index (χ1n) is 6.56. The van der Waals surface area contributed by atoms with Crippen LogP contribution in [0.2, 0.25) is 0 Å². The molecule has 0 amide bonds. The maximum atomic E-state index is 11.6. The van der Waals surface area contributed by atoms with E-state index in [1.54, 1.807) is 0 Å². The van der Waals surface area contributed by atoms with Crippen molar-refractivity contribution in [1.82, 2.24) is 0 Å². The molecule has 18 heavy (non-hydrogen) atoms. The lowest BCUT2D eigenvalue weighted by atomic mass is 9.82. The van der Waals surface area contributed by atoms with Gasteiger partial charge in [0.1, 0.15) is 0 Å². The first-order valence-corrected chi connectivity index (χ1v) is 6.56. The third kappa shape index (κ3) is 2.56. The number of hydrogen-bond acceptors (Lipinski definition) is 2. The zero-order valence-corrected chi connectivity index (χ0v) is 10.8. The summed E-state index contributed by atoms with van der Waals surface area (Å²) in [6, 6.07) is 8.02. The largest absolute Gasteiger partial charge is 0.481 e. The number of carboxylic acids is 1. The van der Waals surface area contributed by atoms with Gasteiger partial charge in [-0.05, 0) is 36.8 Å². The number of aliphatic carboxylic acids is 1. The van der Waals surface area contributed by atoms with E-state index >= 15 is 0 Å². The van der Waals surface area contributed by atoms with Crippen molar-refractivity contribution in [3.8, 4) is 0 Å². The SMILES string of the molecule is CCCOCCC1(C(=O)O)Cc2ccccc2C1. The van der Waals surface area contributed by atoms with Crippen LogP contribution in [0.4, 0.5) is 0 Å². The highest BCUT2D eigenvalue weighted by Gasteiger charge is 2.43. The Bertz CT molecular complexity index is 401. The Kier molecular flexibility index (Phi) is 4.02. The van der Waals surface area contributed by atoms with Gasteiger partial charge in [-0.25, -0.2) is 0 Å². The maximum absolute atomic E-state index is 11.6. The van der Waals surface area contributed by atoms with Crippen molar-refractivity contribution in [2.24, 2.45) is 5.41 Å². The monoisotopic (exact) mass is 248 g/mol. The fourth-order valence-electron chi connectivity index (χ4n) is 2.64. The topological polar surface area (TPSA) is 46.5 Å². The Morgan fingerprint density at radius 3 is 2.39 bits per heavy atom. The number of hydrogen-bond donors (Lipinski definition) is 1. The van der Waals surface area contributed by atoms with E-state index in [1.807, 2.05) is 24.3 Å². The average Bonchev–Trinajstić information content (AvgIpc) is 2.74. The van der Waals surface area contributed by atoms with E-state index in [-0.39, 0.29) is 0 Å². The lowest BCUT2D eigenvalue weighted by Crippen LogP contribution is -2.33. The molecule has 2 rings (SSSR count). The summed E-state index contributed by atoms with van der Waals surface area (Å²) < 4.78 is 5.46. The Labute approximate surface area is 108 Å². The molecule has 0 spiro atoms. The van der Waals surface area contributed by atoms with Crippen molar-refractivity contribution in [3.05, 3.63) is 35.4 Å². The van der Waals surface area contributed by atoms with Gasteiger partial charge < -0.3 is 9.84 Å². The Morgan fingerprint density at radius 2 is 1.89 bits per heavy atom. The van der Waals surface area contributed by atoms with Crippen molar-refractivity contribution in [2.75, 3.05) is 13.2 Å². The normalized spacial score (nSPS) is 16.5. The standard InChI is InChI=1S/C15H20O3/c1-2-8-18-9-7-15(14(16)17)10-12-5-3-4-6-13(12)11-15/h3-6H,2,7-11H2,1H3,(H,16,17). The van der Waals surface area contributed by atoms with Gasteiger partial charge in [-0.2, -0.15) is 0 Å². The lowest BCUT2D eigenvalue weighted by molar-refractivity contribution is -0.149. The summed E-state index contributed by atoms with van der Waals surface area (Å²) in [4.78, 5) is 11.6. The number of carbonyl (C=O) groups is 1. The van der Waals surface area contributed by atoms with E-state index in [2.05, 4.69) is 6.92 Å². The summed E-state index contributed by atoms with van der Waals surface area (Å²) >= 11 is 0. The summed E-state index contributed by atoms with van der Waals surface area (Å²) in [5.74, 6) is -0.696. The van der Waals surface area contributed by atoms with Crippen LogP contribution in [0.15, 0.2) is 24.3 Å². The zero-order chi connectivity index (χ0) is 13.0. The van der Waals surface area contributed by atoms with Gasteiger partial charge in [0.25, 0.3) is 0 Å². The van der Waals surface area contributed by atoms with E-state index < -0.39 is 11.4 Å². The molecule has 1 N–H and O–H groups in total. The second-order valence-electron chi connectivity index (χ2n) is 5.07. The summed E-state index contributed by atoms with van der Waals surface area (Å²) in [5, 5.41) is 9.54. The molecule has 0 saturated heterocycles. The molecule has 1 aliphatic rings. The molecule has 0 heterocycles. The number of ether oxygens (including phenoxy) is 1. The van der Waals surface area contributed by atoms with E-state index in [9.17, 15) is 9.90 Å². The van der Waals surface area contributed by atoms with Crippen LogP contribution >= 0.6 is 0 Å². The Balaban J connectivity index is 2.05. The van der Waals surface area contributed by atoms with Crippen molar-refractivity contribution < 1.29 is 14.6 Å².